The van der Waals surface area contributed by atoms with Crippen LogP contribution in [0.15, 0.2) is 17.4 Å². The molecule has 0 fully saturated rings. The summed E-state index contributed by atoms with van der Waals surface area (Å²) in [5.41, 5.74) is 0.966. The van der Waals surface area contributed by atoms with Gasteiger partial charge in [0.05, 0.1) is 11.9 Å². The summed E-state index contributed by atoms with van der Waals surface area (Å²) in [5, 5.41) is 11.7. The molecular weight excluding hydrogens is 278 g/mol. The molecule has 0 spiro atoms. The number of carbonyl (C=O) groups excluding carboxylic acids is 1. The van der Waals surface area contributed by atoms with Crippen LogP contribution < -0.4 is 5.32 Å². The van der Waals surface area contributed by atoms with E-state index in [1.807, 2.05) is 13.2 Å². The van der Waals surface area contributed by atoms with Gasteiger partial charge in [0.15, 0.2) is 0 Å². The van der Waals surface area contributed by atoms with E-state index in [9.17, 15) is 9.59 Å². The number of carboxylic acids is 1. The zero-order valence-corrected chi connectivity index (χ0v) is 12.7. The number of rotatable bonds is 8. The van der Waals surface area contributed by atoms with Gasteiger partial charge in [0.1, 0.15) is 5.03 Å². The van der Waals surface area contributed by atoms with E-state index in [1.54, 1.807) is 24.2 Å². The molecule has 0 aliphatic rings. The first-order valence-electron chi connectivity index (χ1n) is 6.31. The van der Waals surface area contributed by atoms with Crippen LogP contribution in [0.5, 0.6) is 0 Å². The van der Waals surface area contributed by atoms with Gasteiger partial charge in [-0.1, -0.05) is 6.42 Å². The fourth-order valence-electron chi connectivity index (χ4n) is 1.23. The van der Waals surface area contributed by atoms with Crippen LogP contribution in [-0.4, -0.2) is 40.3 Å². The van der Waals surface area contributed by atoms with Gasteiger partial charge >= 0.3 is 5.97 Å². The van der Waals surface area contributed by atoms with E-state index in [0.29, 0.717) is 19.4 Å². The third kappa shape index (κ3) is 11.5. The number of nitrogens with zero attached hydrogens (tertiary/aromatic N) is 2. The van der Waals surface area contributed by atoms with Crippen LogP contribution in [0, 0.1) is 6.92 Å². The summed E-state index contributed by atoms with van der Waals surface area (Å²) in [5.74, 6) is -0.756. The third-order valence-electron chi connectivity index (χ3n) is 2.26. The second-order valence-corrected chi connectivity index (χ2v) is 4.80. The van der Waals surface area contributed by atoms with Gasteiger partial charge in [-0.2, -0.15) is 0 Å². The number of nitrogens with one attached hydrogen (secondary N) is 1. The molecule has 0 atom stereocenters. The zero-order chi connectivity index (χ0) is 15.2. The molecule has 0 aliphatic carbocycles. The van der Waals surface area contributed by atoms with Gasteiger partial charge < -0.3 is 10.4 Å². The molecule has 0 aromatic carbocycles. The Kier molecular flexibility index (Phi) is 11.4. The van der Waals surface area contributed by atoms with Crippen molar-refractivity contribution >= 4 is 24.1 Å². The minimum Gasteiger partial charge on any atom is -0.481 e. The largest absolute Gasteiger partial charge is 0.481 e. The molecule has 0 unspecified atom stereocenters. The van der Waals surface area contributed by atoms with Gasteiger partial charge in [-0.05, 0) is 26.0 Å². The van der Waals surface area contributed by atoms with Gasteiger partial charge in [-0.3, -0.25) is 14.6 Å². The Labute approximate surface area is 123 Å². The van der Waals surface area contributed by atoms with Crippen LogP contribution >= 0.6 is 11.8 Å². The summed E-state index contributed by atoms with van der Waals surface area (Å²) < 4.78 is 0. The topological polar surface area (TPSA) is 92.2 Å². The molecule has 1 amide bonds. The number of carboxylic acid groups (broad SMARTS) is 1. The van der Waals surface area contributed by atoms with Crippen molar-refractivity contribution in [2.45, 2.75) is 37.6 Å². The molecule has 20 heavy (non-hydrogen) atoms. The lowest BCUT2D eigenvalue weighted by molar-refractivity contribution is -0.137. The highest BCUT2D eigenvalue weighted by Crippen LogP contribution is 2.07. The van der Waals surface area contributed by atoms with Crippen LogP contribution in [0.3, 0.4) is 0 Å². The molecule has 1 heterocycles. The predicted molar refractivity (Wildman–Crippen MR) is 78.7 cm³/mol. The summed E-state index contributed by atoms with van der Waals surface area (Å²) >= 11 is 1.60. The number of hydrogen-bond donors (Lipinski definition) is 2. The molecule has 1 rings (SSSR count). The van der Waals surface area contributed by atoms with Crippen molar-refractivity contribution in [3.8, 4) is 0 Å². The second kappa shape index (κ2) is 12.4. The maximum absolute atomic E-state index is 10.0. The van der Waals surface area contributed by atoms with E-state index in [0.717, 1.165) is 23.6 Å². The molecular formula is C13H21N3O3S. The maximum atomic E-state index is 10.0. The van der Waals surface area contributed by atoms with Gasteiger partial charge in [0.25, 0.3) is 0 Å². The highest BCUT2D eigenvalue weighted by atomic mass is 32.2. The van der Waals surface area contributed by atoms with Crippen molar-refractivity contribution in [1.82, 2.24) is 15.3 Å². The minimum atomic E-state index is -0.756. The number of hydrogen-bond acceptors (Lipinski definition) is 5. The number of thioether (sulfide) groups is 1. The Bertz CT molecular complexity index is 385. The fourth-order valence-corrected chi connectivity index (χ4v) is 1.54. The Morgan fingerprint density at radius 2 is 2.10 bits per heavy atom. The SMILES string of the molecule is CSc1cnc(C)cn1.O=CNCCCCCC(=O)O. The Balaban J connectivity index is 0.000000367. The maximum Gasteiger partial charge on any atom is 0.303 e. The molecule has 2 N–H and O–H groups in total. The molecule has 0 saturated heterocycles. The minimum absolute atomic E-state index is 0.223. The number of aliphatic carboxylic acids is 1. The number of unbranched alkanes of at least 4 members (excludes halogenated alkanes) is 2. The van der Waals surface area contributed by atoms with Crippen molar-refractivity contribution in [2.24, 2.45) is 0 Å². The average molecular weight is 299 g/mol. The molecule has 1 aromatic rings. The Morgan fingerprint density at radius 3 is 2.60 bits per heavy atom. The van der Waals surface area contributed by atoms with E-state index < -0.39 is 5.97 Å². The van der Waals surface area contributed by atoms with Crippen LogP contribution in [-0.2, 0) is 9.59 Å². The summed E-state index contributed by atoms with van der Waals surface area (Å²) in [7, 11) is 0. The normalized spacial score (nSPS) is 9.30. The lowest BCUT2D eigenvalue weighted by Crippen LogP contribution is -2.11. The van der Waals surface area contributed by atoms with Gasteiger partial charge in [0, 0.05) is 19.2 Å². The van der Waals surface area contributed by atoms with E-state index in [4.69, 9.17) is 5.11 Å². The Morgan fingerprint density at radius 1 is 1.35 bits per heavy atom. The highest BCUT2D eigenvalue weighted by Gasteiger charge is 1.95. The van der Waals surface area contributed by atoms with Crippen molar-refractivity contribution in [3.05, 3.63) is 18.1 Å². The lowest BCUT2D eigenvalue weighted by Gasteiger charge is -1.96. The second-order valence-electron chi connectivity index (χ2n) is 3.98. The first-order chi connectivity index (χ1) is 9.60. The Hall–Kier alpha value is -1.63. The smallest absolute Gasteiger partial charge is 0.303 e. The van der Waals surface area contributed by atoms with E-state index in [2.05, 4.69) is 15.3 Å². The van der Waals surface area contributed by atoms with Crippen molar-refractivity contribution in [2.75, 3.05) is 12.8 Å². The molecule has 6 nitrogen and oxygen atoms in total. The van der Waals surface area contributed by atoms with Crippen LogP contribution in [0.1, 0.15) is 31.4 Å². The van der Waals surface area contributed by atoms with Crippen LogP contribution in [0.4, 0.5) is 0 Å². The highest BCUT2D eigenvalue weighted by molar-refractivity contribution is 7.98. The molecule has 0 radical (unpaired) electrons. The van der Waals surface area contributed by atoms with E-state index in [-0.39, 0.29) is 6.42 Å². The zero-order valence-electron chi connectivity index (χ0n) is 11.8. The number of amides is 1. The number of carbonyl (C=O) groups is 2. The standard InChI is InChI=1S/C7H13NO3.C6H8N2S/c9-6-8-5-3-1-2-4-7(10)11;1-5-3-8-6(9-2)4-7-5/h6H,1-5H2,(H,8,9)(H,10,11);3-4H,1-2H3. The fraction of sp³-hybridized carbons (Fsp3) is 0.538. The third-order valence-corrected chi connectivity index (χ3v) is 2.89. The lowest BCUT2D eigenvalue weighted by atomic mass is 10.2. The first kappa shape index (κ1) is 18.4. The average Bonchev–Trinajstić information content (AvgIpc) is 2.44. The first-order valence-corrected chi connectivity index (χ1v) is 7.54. The molecule has 1 aromatic heterocycles. The van der Waals surface area contributed by atoms with E-state index >= 15 is 0 Å². The quantitative estimate of drug-likeness (QED) is 0.432. The summed E-state index contributed by atoms with van der Waals surface area (Å²) in [4.78, 5) is 27.9. The molecule has 0 saturated carbocycles. The van der Waals surface area contributed by atoms with Gasteiger partial charge in [0.2, 0.25) is 6.41 Å². The van der Waals surface area contributed by atoms with Crippen LogP contribution in [0.2, 0.25) is 0 Å². The van der Waals surface area contributed by atoms with E-state index in [1.165, 1.54) is 0 Å². The van der Waals surface area contributed by atoms with Crippen molar-refractivity contribution in [3.63, 3.8) is 0 Å². The summed E-state index contributed by atoms with van der Waals surface area (Å²) in [6, 6.07) is 0. The predicted octanol–water partition coefficient (Wildman–Crippen LogP) is 1.88. The van der Waals surface area contributed by atoms with Crippen molar-refractivity contribution < 1.29 is 14.7 Å². The van der Waals surface area contributed by atoms with Crippen LogP contribution in [0.25, 0.3) is 0 Å². The molecule has 7 heteroatoms. The summed E-state index contributed by atoms with van der Waals surface area (Å²) in [6.07, 6.45) is 8.80. The monoisotopic (exact) mass is 299 g/mol. The number of aryl methyl sites for hydroxylation is 1. The number of aromatic nitrogens is 2. The van der Waals surface area contributed by atoms with Crippen molar-refractivity contribution in [1.29, 1.82) is 0 Å². The summed E-state index contributed by atoms with van der Waals surface area (Å²) in [6.45, 7) is 2.57. The molecule has 112 valence electrons. The van der Waals surface area contributed by atoms with Gasteiger partial charge in [-0.15, -0.1) is 11.8 Å². The molecule has 0 bridgehead atoms. The molecule has 0 aliphatic heterocycles. The van der Waals surface area contributed by atoms with Gasteiger partial charge in [-0.25, -0.2) is 4.98 Å².